The van der Waals surface area contributed by atoms with Gasteiger partial charge < -0.3 is 5.32 Å². The summed E-state index contributed by atoms with van der Waals surface area (Å²) in [6.07, 6.45) is 1.91. The molecule has 18 heavy (non-hydrogen) atoms. The van der Waals surface area contributed by atoms with Crippen LogP contribution < -0.4 is 5.32 Å². The maximum Gasteiger partial charge on any atom is 0.137 e. The molecule has 3 nitrogen and oxygen atoms in total. The molecule has 0 bridgehead atoms. The monoisotopic (exact) mass is 311 g/mol. The van der Waals surface area contributed by atoms with Crippen LogP contribution in [-0.4, -0.2) is 16.3 Å². The van der Waals surface area contributed by atoms with E-state index in [0.717, 1.165) is 24.3 Å². The number of halogens is 2. The van der Waals surface area contributed by atoms with Crippen LogP contribution in [0.3, 0.4) is 0 Å². The fourth-order valence-electron chi connectivity index (χ4n) is 1.68. The third-order valence-electron chi connectivity index (χ3n) is 2.62. The van der Waals surface area contributed by atoms with Gasteiger partial charge in [-0.25, -0.2) is 4.39 Å². The molecule has 2 rings (SSSR count). The summed E-state index contributed by atoms with van der Waals surface area (Å²) in [6, 6.07) is 7.00. The smallest absolute Gasteiger partial charge is 0.137 e. The second-order valence-electron chi connectivity index (χ2n) is 4.00. The van der Waals surface area contributed by atoms with Crippen molar-refractivity contribution in [2.24, 2.45) is 0 Å². The van der Waals surface area contributed by atoms with E-state index in [4.69, 9.17) is 0 Å². The third kappa shape index (κ3) is 3.17. The minimum atomic E-state index is -0.243. The van der Waals surface area contributed by atoms with Gasteiger partial charge in [0.25, 0.3) is 0 Å². The normalized spacial score (nSPS) is 10.8. The highest BCUT2D eigenvalue weighted by molar-refractivity contribution is 9.10. The van der Waals surface area contributed by atoms with Gasteiger partial charge in [0.15, 0.2) is 0 Å². The summed E-state index contributed by atoms with van der Waals surface area (Å²) in [7, 11) is 0. The molecule has 1 heterocycles. The summed E-state index contributed by atoms with van der Waals surface area (Å²) in [5.41, 5.74) is 1.87. The molecule has 0 unspecified atom stereocenters. The molecule has 0 amide bonds. The van der Waals surface area contributed by atoms with Gasteiger partial charge >= 0.3 is 0 Å². The van der Waals surface area contributed by atoms with Crippen molar-refractivity contribution in [3.8, 4) is 0 Å². The van der Waals surface area contributed by atoms with Gasteiger partial charge in [0.1, 0.15) is 5.82 Å². The van der Waals surface area contributed by atoms with Crippen molar-refractivity contribution in [2.75, 3.05) is 6.54 Å². The van der Waals surface area contributed by atoms with E-state index in [2.05, 4.69) is 33.3 Å². The largest absolute Gasteiger partial charge is 0.311 e. The second kappa shape index (κ2) is 6.11. The lowest BCUT2D eigenvalue weighted by molar-refractivity contribution is 0.607. The van der Waals surface area contributed by atoms with Crippen LogP contribution in [0.5, 0.6) is 0 Å². The highest BCUT2D eigenvalue weighted by Gasteiger charge is 2.06. The average molecular weight is 312 g/mol. The highest BCUT2D eigenvalue weighted by Crippen LogP contribution is 2.21. The van der Waals surface area contributed by atoms with Crippen molar-refractivity contribution in [3.05, 3.63) is 52.0 Å². The maximum absolute atomic E-state index is 13.4. The Morgan fingerprint density at radius 2 is 2.22 bits per heavy atom. The Morgan fingerprint density at radius 1 is 1.39 bits per heavy atom. The molecule has 96 valence electrons. The molecular weight excluding hydrogens is 297 g/mol. The summed E-state index contributed by atoms with van der Waals surface area (Å²) in [5, 5.41) is 7.64. The van der Waals surface area contributed by atoms with Crippen LogP contribution in [0.25, 0.3) is 0 Å². The van der Waals surface area contributed by atoms with Crippen molar-refractivity contribution in [3.63, 3.8) is 0 Å². The zero-order valence-electron chi connectivity index (χ0n) is 10.2. The number of hydrogen-bond acceptors (Lipinski definition) is 2. The number of nitrogens with one attached hydrogen (secondary N) is 1. The molecule has 0 aliphatic heterocycles. The Hall–Kier alpha value is -1.20. The fraction of sp³-hybridized carbons (Fsp3) is 0.308. The minimum Gasteiger partial charge on any atom is -0.311 e. The molecule has 0 aliphatic carbocycles. The maximum atomic E-state index is 13.4. The van der Waals surface area contributed by atoms with Gasteiger partial charge in [-0.15, -0.1) is 0 Å². The zero-order valence-corrected chi connectivity index (χ0v) is 11.7. The molecule has 1 aromatic carbocycles. The van der Waals surface area contributed by atoms with Crippen molar-refractivity contribution in [2.45, 2.75) is 20.0 Å². The van der Waals surface area contributed by atoms with Crippen LogP contribution in [0.2, 0.25) is 0 Å². The number of benzene rings is 1. The Kier molecular flexibility index (Phi) is 4.49. The number of hydrogen-bond donors (Lipinski definition) is 1. The molecule has 0 spiro atoms. The lowest BCUT2D eigenvalue weighted by atomic mass is 10.2. The first-order valence-electron chi connectivity index (χ1n) is 5.86. The zero-order chi connectivity index (χ0) is 13.0. The summed E-state index contributed by atoms with van der Waals surface area (Å²) in [4.78, 5) is 0. The fourth-order valence-corrected chi connectivity index (χ4v) is 2.07. The Morgan fingerprint density at radius 3 is 3.00 bits per heavy atom. The molecule has 1 N–H and O–H groups in total. The van der Waals surface area contributed by atoms with E-state index in [1.807, 2.05) is 23.0 Å². The number of nitrogens with zero attached hydrogens (tertiary/aromatic N) is 2. The molecule has 0 atom stereocenters. The lowest BCUT2D eigenvalue weighted by Gasteiger charge is -2.05. The van der Waals surface area contributed by atoms with E-state index in [9.17, 15) is 4.39 Å². The summed E-state index contributed by atoms with van der Waals surface area (Å²) in [6.45, 7) is 4.29. The first kappa shape index (κ1) is 13.2. The summed E-state index contributed by atoms with van der Waals surface area (Å²) < 4.78 is 15.7. The van der Waals surface area contributed by atoms with Crippen LogP contribution >= 0.6 is 15.9 Å². The van der Waals surface area contributed by atoms with Gasteiger partial charge in [0, 0.05) is 12.7 Å². The van der Waals surface area contributed by atoms with Crippen molar-refractivity contribution in [1.29, 1.82) is 0 Å². The van der Waals surface area contributed by atoms with E-state index >= 15 is 0 Å². The molecule has 0 radical (unpaired) electrons. The molecule has 0 saturated carbocycles. The molecule has 5 heteroatoms. The van der Waals surface area contributed by atoms with Crippen molar-refractivity contribution >= 4 is 15.9 Å². The molecule has 1 aromatic heterocycles. The Bertz CT molecular complexity index is 525. The number of aromatic nitrogens is 2. The van der Waals surface area contributed by atoms with Gasteiger partial charge in [-0.2, -0.15) is 5.10 Å². The predicted octanol–water partition coefficient (Wildman–Crippen LogP) is 2.94. The van der Waals surface area contributed by atoms with Gasteiger partial charge in [-0.1, -0.05) is 19.1 Å². The first-order valence-corrected chi connectivity index (χ1v) is 6.66. The summed E-state index contributed by atoms with van der Waals surface area (Å²) >= 11 is 3.26. The second-order valence-corrected chi connectivity index (χ2v) is 4.79. The Balaban J connectivity index is 2.09. The van der Waals surface area contributed by atoms with E-state index < -0.39 is 0 Å². The number of rotatable bonds is 5. The minimum absolute atomic E-state index is 0.243. The van der Waals surface area contributed by atoms with Gasteiger partial charge in [0.2, 0.25) is 0 Å². The topological polar surface area (TPSA) is 29.9 Å². The van der Waals surface area contributed by atoms with Crippen LogP contribution in [0, 0.1) is 5.82 Å². The van der Waals surface area contributed by atoms with E-state index in [-0.39, 0.29) is 5.82 Å². The standard InChI is InChI=1S/C13H15BrFN3/c1-2-16-8-11-6-7-18(17-11)9-10-4-3-5-12(15)13(10)14/h3-7,16H,2,8-9H2,1H3. The quantitative estimate of drug-likeness (QED) is 0.920. The van der Waals surface area contributed by atoms with E-state index in [0.29, 0.717) is 11.0 Å². The first-order chi connectivity index (χ1) is 8.70. The third-order valence-corrected chi connectivity index (χ3v) is 3.50. The van der Waals surface area contributed by atoms with Gasteiger partial charge in [-0.05, 0) is 40.2 Å². The summed E-state index contributed by atoms with van der Waals surface area (Å²) in [5.74, 6) is -0.243. The van der Waals surface area contributed by atoms with Gasteiger partial charge in [0.05, 0.1) is 16.7 Å². The molecular formula is C13H15BrFN3. The molecule has 0 aliphatic rings. The molecule has 0 fully saturated rings. The van der Waals surface area contributed by atoms with E-state index in [1.165, 1.54) is 6.07 Å². The van der Waals surface area contributed by atoms with Crippen LogP contribution in [0.15, 0.2) is 34.9 Å². The van der Waals surface area contributed by atoms with Crippen LogP contribution in [-0.2, 0) is 13.1 Å². The van der Waals surface area contributed by atoms with Gasteiger partial charge in [-0.3, -0.25) is 4.68 Å². The lowest BCUT2D eigenvalue weighted by Crippen LogP contribution is -2.12. The molecule has 2 aromatic rings. The van der Waals surface area contributed by atoms with Crippen molar-refractivity contribution in [1.82, 2.24) is 15.1 Å². The van der Waals surface area contributed by atoms with E-state index in [1.54, 1.807) is 6.07 Å². The SMILES string of the molecule is CCNCc1ccn(Cc2cccc(F)c2Br)n1. The average Bonchev–Trinajstić information content (AvgIpc) is 2.80. The van der Waals surface area contributed by atoms with Crippen molar-refractivity contribution < 1.29 is 4.39 Å². The predicted molar refractivity (Wildman–Crippen MR) is 72.8 cm³/mol. The van der Waals surface area contributed by atoms with Crippen LogP contribution in [0.1, 0.15) is 18.2 Å². The Labute approximate surface area is 114 Å². The highest BCUT2D eigenvalue weighted by atomic mass is 79.9. The molecule has 0 saturated heterocycles. The van der Waals surface area contributed by atoms with Crippen LogP contribution in [0.4, 0.5) is 4.39 Å².